The molecule has 0 aliphatic heterocycles. The molecule has 0 saturated carbocycles. The Morgan fingerprint density at radius 3 is 2.78 bits per heavy atom. The number of rotatable bonds is 3. The van der Waals surface area contributed by atoms with Crippen molar-refractivity contribution in [2.24, 2.45) is 7.05 Å². The normalized spacial score (nSPS) is 10.6. The molecule has 0 saturated heterocycles. The van der Waals surface area contributed by atoms with Crippen LogP contribution in [0.5, 0.6) is 0 Å². The molecule has 0 aromatic carbocycles. The number of carbonyl (C=O) groups is 1. The fraction of sp³-hybridized carbons (Fsp3) is 0.364. The summed E-state index contributed by atoms with van der Waals surface area (Å²) < 4.78 is 6.50. The van der Waals surface area contributed by atoms with Gasteiger partial charge in [0.25, 0.3) is 5.91 Å². The van der Waals surface area contributed by atoms with Crippen LogP contribution in [-0.4, -0.2) is 20.8 Å². The second-order valence-electron chi connectivity index (χ2n) is 4.06. The molecule has 0 bridgehead atoms. The number of aromatic nitrogens is 3. The van der Waals surface area contributed by atoms with Crippen LogP contribution >= 0.6 is 0 Å². The molecule has 2 aromatic heterocycles. The molecule has 18 heavy (non-hydrogen) atoms. The zero-order valence-corrected chi connectivity index (χ0v) is 10.5. The van der Waals surface area contributed by atoms with Crippen molar-refractivity contribution >= 4 is 11.7 Å². The van der Waals surface area contributed by atoms with E-state index in [1.54, 1.807) is 31.8 Å². The minimum atomic E-state index is -0.227. The highest BCUT2D eigenvalue weighted by atomic mass is 16.5. The SMILES string of the molecule is Cc1noc(C)c1C(=O)NCc1cnn(C)c1N. The van der Waals surface area contributed by atoms with E-state index >= 15 is 0 Å². The van der Waals surface area contributed by atoms with Crippen LogP contribution < -0.4 is 11.1 Å². The largest absolute Gasteiger partial charge is 0.384 e. The first-order valence-corrected chi connectivity index (χ1v) is 5.48. The molecule has 2 heterocycles. The lowest BCUT2D eigenvalue weighted by atomic mass is 10.2. The third-order valence-electron chi connectivity index (χ3n) is 2.76. The van der Waals surface area contributed by atoms with Gasteiger partial charge < -0.3 is 15.6 Å². The number of nitrogens with two attached hydrogens (primary N) is 1. The van der Waals surface area contributed by atoms with Crippen molar-refractivity contribution in [2.75, 3.05) is 5.73 Å². The number of nitrogen functional groups attached to an aromatic ring is 1. The number of hydrogen-bond acceptors (Lipinski definition) is 5. The Hall–Kier alpha value is -2.31. The van der Waals surface area contributed by atoms with Crippen LogP contribution in [0.25, 0.3) is 0 Å². The van der Waals surface area contributed by atoms with Gasteiger partial charge in [-0.3, -0.25) is 9.48 Å². The molecule has 2 aromatic rings. The van der Waals surface area contributed by atoms with E-state index in [1.807, 2.05) is 0 Å². The fourth-order valence-electron chi connectivity index (χ4n) is 1.70. The second-order valence-corrected chi connectivity index (χ2v) is 4.06. The summed E-state index contributed by atoms with van der Waals surface area (Å²) in [6.07, 6.45) is 1.63. The van der Waals surface area contributed by atoms with Crippen molar-refractivity contribution in [1.29, 1.82) is 0 Å². The van der Waals surface area contributed by atoms with Crippen molar-refractivity contribution in [2.45, 2.75) is 20.4 Å². The highest BCUT2D eigenvalue weighted by Crippen LogP contribution is 2.13. The van der Waals surface area contributed by atoms with Crippen LogP contribution in [0.4, 0.5) is 5.82 Å². The van der Waals surface area contributed by atoms with Crippen LogP contribution in [0.2, 0.25) is 0 Å². The molecule has 7 heteroatoms. The Morgan fingerprint density at radius 2 is 2.28 bits per heavy atom. The zero-order valence-electron chi connectivity index (χ0n) is 10.5. The molecule has 0 aliphatic carbocycles. The zero-order chi connectivity index (χ0) is 13.3. The van der Waals surface area contributed by atoms with Crippen LogP contribution in [0.1, 0.15) is 27.4 Å². The number of aryl methyl sites for hydroxylation is 3. The van der Waals surface area contributed by atoms with Gasteiger partial charge >= 0.3 is 0 Å². The monoisotopic (exact) mass is 249 g/mol. The number of anilines is 1. The van der Waals surface area contributed by atoms with Crippen molar-refractivity contribution in [1.82, 2.24) is 20.3 Å². The molecule has 2 rings (SSSR count). The summed E-state index contributed by atoms with van der Waals surface area (Å²) in [5.41, 5.74) is 7.60. The summed E-state index contributed by atoms with van der Waals surface area (Å²) in [6, 6.07) is 0. The minimum Gasteiger partial charge on any atom is -0.384 e. The molecule has 0 atom stereocenters. The van der Waals surface area contributed by atoms with Crippen LogP contribution in [0.3, 0.4) is 0 Å². The van der Waals surface area contributed by atoms with E-state index in [4.69, 9.17) is 10.3 Å². The molecular formula is C11H15N5O2. The second kappa shape index (κ2) is 4.52. The van der Waals surface area contributed by atoms with Gasteiger partial charge in [0.15, 0.2) is 0 Å². The maximum Gasteiger partial charge on any atom is 0.257 e. The van der Waals surface area contributed by atoms with Gasteiger partial charge in [-0.15, -0.1) is 0 Å². The molecule has 0 aliphatic rings. The van der Waals surface area contributed by atoms with Crippen molar-refractivity contribution in [3.8, 4) is 0 Å². The standard InChI is InChI=1S/C11H15N5O2/c1-6-9(7(2)18-15-6)11(17)13-4-8-5-14-16(3)10(8)12/h5H,4,12H2,1-3H3,(H,13,17). The summed E-state index contributed by atoms with van der Waals surface area (Å²) in [5, 5.41) is 10.5. The van der Waals surface area contributed by atoms with Gasteiger partial charge in [0, 0.05) is 19.2 Å². The topological polar surface area (TPSA) is 99.0 Å². The Bertz CT molecular complexity index is 565. The number of nitrogens with one attached hydrogen (secondary N) is 1. The van der Waals surface area contributed by atoms with E-state index in [0.29, 0.717) is 29.4 Å². The highest BCUT2D eigenvalue weighted by molar-refractivity contribution is 5.96. The molecule has 0 spiro atoms. The predicted octanol–water partition coefficient (Wildman–Crippen LogP) is 0.537. The van der Waals surface area contributed by atoms with E-state index in [1.165, 1.54) is 0 Å². The van der Waals surface area contributed by atoms with Gasteiger partial charge in [-0.2, -0.15) is 5.10 Å². The van der Waals surface area contributed by atoms with Crippen molar-refractivity contribution < 1.29 is 9.32 Å². The van der Waals surface area contributed by atoms with Gasteiger partial charge in [0.2, 0.25) is 0 Å². The summed E-state index contributed by atoms with van der Waals surface area (Å²) >= 11 is 0. The third kappa shape index (κ3) is 2.06. The minimum absolute atomic E-state index is 0.227. The molecular weight excluding hydrogens is 234 g/mol. The predicted molar refractivity (Wildman–Crippen MR) is 64.8 cm³/mol. The van der Waals surface area contributed by atoms with E-state index in [-0.39, 0.29) is 5.91 Å². The summed E-state index contributed by atoms with van der Waals surface area (Å²) in [6.45, 7) is 3.75. The van der Waals surface area contributed by atoms with Crippen LogP contribution in [0.15, 0.2) is 10.7 Å². The molecule has 0 fully saturated rings. The first-order chi connectivity index (χ1) is 8.50. The lowest BCUT2D eigenvalue weighted by Gasteiger charge is -2.04. The quantitative estimate of drug-likeness (QED) is 0.827. The summed E-state index contributed by atoms with van der Waals surface area (Å²) in [5.74, 6) is 0.813. The van der Waals surface area contributed by atoms with Crippen LogP contribution in [0, 0.1) is 13.8 Å². The Kier molecular flexibility index (Phi) is 3.05. The van der Waals surface area contributed by atoms with Crippen molar-refractivity contribution in [3.63, 3.8) is 0 Å². The highest BCUT2D eigenvalue weighted by Gasteiger charge is 2.17. The number of carbonyl (C=O) groups excluding carboxylic acids is 1. The molecule has 0 unspecified atom stereocenters. The molecule has 0 radical (unpaired) electrons. The first kappa shape index (κ1) is 12.2. The Morgan fingerprint density at radius 1 is 1.56 bits per heavy atom. The van der Waals surface area contributed by atoms with Gasteiger partial charge in [0.05, 0.1) is 11.9 Å². The Balaban J connectivity index is 2.07. The maximum atomic E-state index is 12.0. The van der Waals surface area contributed by atoms with Gasteiger partial charge in [-0.05, 0) is 13.8 Å². The Labute approximate surface area is 104 Å². The van der Waals surface area contributed by atoms with Gasteiger partial charge in [-0.25, -0.2) is 0 Å². The van der Waals surface area contributed by atoms with E-state index < -0.39 is 0 Å². The molecule has 96 valence electrons. The maximum absolute atomic E-state index is 12.0. The summed E-state index contributed by atoms with van der Waals surface area (Å²) in [7, 11) is 1.74. The van der Waals surface area contributed by atoms with Gasteiger partial charge in [0.1, 0.15) is 17.1 Å². The van der Waals surface area contributed by atoms with Gasteiger partial charge in [-0.1, -0.05) is 5.16 Å². The van der Waals surface area contributed by atoms with E-state index in [0.717, 1.165) is 5.56 Å². The average Bonchev–Trinajstić information content (AvgIpc) is 2.82. The van der Waals surface area contributed by atoms with E-state index in [9.17, 15) is 4.79 Å². The van der Waals surface area contributed by atoms with Crippen LogP contribution in [-0.2, 0) is 13.6 Å². The molecule has 7 nitrogen and oxygen atoms in total. The lowest BCUT2D eigenvalue weighted by Crippen LogP contribution is -2.24. The lowest BCUT2D eigenvalue weighted by molar-refractivity contribution is 0.0949. The number of amides is 1. The number of hydrogen-bond donors (Lipinski definition) is 2. The first-order valence-electron chi connectivity index (χ1n) is 5.48. The number of nitrogens with zero attached hydrogens (tertiary/aromatic N) is 3. The smallest absolute Gasteiger partial charge is 0.257 e. The van der Waals surface area contributed by atoms with E-state index in [2.05, 4.69) is 15.6 Å². The average molecular weight is 249 g/mol. The summed E-state index contributed by atoms with van der Waals surface area (Å²) in [4.78, 5) is 12.0. The molecule has 1 amide bonds. The molecule has 3 N–H and O–H groups in total. The third-order valence-corrected chi connectivity index (χ3v) is 2.76. The van der Waals surface area contributed by atoms with Crippen molar-refractivity contribution in [3.05, 3.63) is 28.8 Å². The fourth-order valence-corrected chi connectivity index (χ4v) is 1.70.